The van der Waals surface area contributed by atoms with Crippen LogP contribution >= 0.6 is 15.9 Å². The highest BCUT2D eigenvalue weighted by Crippen LogP contribution is 2.40. The molecule has 1 aliphatic heterocycles. The third kappa shape index (κ3) is 2.76. The molecule has 26 heavy (non-hydrogen) atoms. The number of nitrogens with zero attached hydrogens (tertiary/aromatic N) is 3. The van der Waals surface area contributed by atoms with Crippen LogP contribution < -0.4 is 0 Å². The van der Waals surface area contributed by atoms with Crippen LogP contribution in [0.2, 0.25) is 0 Å². The van der Waals surface area contributed by atoms with Gasteiger partial charge < -0.3 is 10.0 Å². The summed E-state index contributed by atoms with van der Waals surface area (Å²) in [7, 11) is 1.77. The molecule has 1 aromatic heterocycles. The van der Waals surface area contributed by atoms with E-state index in [0.29, 0.717) is 17.8 Å². The van der Waals surface area contributed by atoms with Crippen molar-refractivity contribution in [1.29, 1.82) is 0 Å². The first-order valence-electron chi connectivity index (χ1n) is 8.32. The van der Waals surface area contributed by atoms with E-state index in [1.54, 1.807) is 18.7 Å². The number of amides is 1. The molecule has 1 aliphatic rings. The first-order chi connectivity index (χ1) is 12.3. The fraction of sp³-hybridized carbons (Fsp3) is 0.316. The number of ketones is 1. The smallest absolute Gasteiger partial charge is 0.295 e. The minimum absolute atomic E-state index is 0.106. The number of aryl methyl sites for hydroxylation is 2. The molecule has 1 aromatic carbocycles. The number of halogens is 1. The summed E-state index contributed by atoms with van der Waals surface area (Å²) in [6, 6.07) is 6.79. The van der Waals surface area contributed by atoms with Crippen LogP contribution in [0.25, 0.3) is 5.76 Å². The summed E-state index contributed by atoms with van der Waals surface area (Å²) in [6.07, 6.45) is 0. The lowest BCUT2D eigenvalue weighted by Crippen LogP contribution is -2.29. The molecule has 1 saturated heterocycles. The van der Waals surface area contributed by atoms with Gasteiger partial charge in [0.2, 0.25) is 0 Å². The number of likely N-dealkylation sites (tertiary alicyclic amines) is 1. The average molecular weight is 418 g/mol. The topological polar surface area (TPSA) is 75.4 Å². The van der Waals surface area contributed by atoms with E-state index in [1.807, 2.05) is 38.1 Å². The van der Waals surface area contributed by atoms with Gasteiger partial charge in [0.1, 0.15) is 5.76 Å². The van der Waals surface area contributed by atoms with Gasteiger partial charge in [-0.2, -0.15) is 5.10 Å². The molecule has 136 valence electrons. The number of likely N-dealkylation sites (N-methyl/N-ethyl adjacent to an activating group) is 1. The van der Waals surface area contributed by atoms with Crippen LogP contribution in [-0.2, 0) is 16.6 Å². The van der Waals surface area contributed by atoms with Gasteiger partial charge in [0, 0.05) is 23.8 Å². The Bertz CT molecular complexity index is 946. The van der Waals surface area contributed by atoms with Crippen molar-refractivity contribution in [3.63, 3.8) is 0 Å². The summed E-state index contributed by atoms with van der Waals surface area (Å²) < 4.78 is 2.49. The van der Waals surface area contributed by atoms with Crippen LogP contribution in [0.1, 0.15) is 35.5 Å². The Morgan fingerprint density at radius 1 is 1.31 bits per heavy atom. The van der Waals surface area contributed by atoms with E-state index in [9.17, 15) is 14.7 Å². The van der Waals surface area contributed by atoms with Gasteiger partial charge in [-0.1, -0.05) is 28.1 Å². The zero-order valence-electron chi connectivity index (χ0n) is 15.1. The van der Waals surface area contributed by atoms with Crippen molar-refractivity contribution in [2.75, 3.05) is 6.54 Å². The highest BCUT2D eigenvalue weighted by molar-refractivity contribution is 9.10. The second kappa shape index (κ2) is 6.72. The lowest BCUT2D eigenvalue weighted by molar-refractivity contribution is -0.139. The summed E-state index contributed by atoms with van der Waals surface area (Å²) in [5.41, 5.74) is 2.71. The van der Waals surface area contributed by atoms with Gasteiger partial charge >= 0.3 is 0 Å². The largest absolute Gasteiger partial charge is 0.507 e. The van der Waals surface area contributed by atoms with Crippen LogP contribution in [0.15, 0.2) is 34.3 Å². The fourth-order valence-corrected chi connectivity index (χ4v) is 3.90. The molecule has 0 spiro atoms. The SMILES string of the molecule is CCN1C(=O)C(=O)/C(=C(/O)c2c(C)nn(C)c2C)C1c1cccc(Br)c1. The van der Waals surface area contributed by atoms with Crippen LogP contribution in [0, 0.1) is 13.8 Å². The molecule has 1 atom stereocenters. The average Bonchev–Trinajstić information content (AvgIpc) is 3.00. The minimum Gasteiger partial charge on any atom is -0.507 e. The second-order valence-electron chi connectivity index (χ2n) is 6.31. The lowest BCUT2D eigenvalue weighted by atomic mass is 9.95. The van der Waals surface area contributed by atoms with E-state index in [0.717, 1.165) is 15.7 Å². The van der Waals surface area contributed by atoms with E-state index in [4.69, 9.17) is 0 Å². The molecule has 0 saturated carbocycles. The Balaban J connectivity index is 2.28. The Labute approximate surface area is 160 Å². The summed E-state index contributed by atoms with van der Waals surface area (Å²) in [4.78, 5) is 26.7. The predicted octanol–water partition coefficient (Wildman–Crippen LogP) is 3.24. The number of carbonyl (C=O) groups excluding carboxylic acids is 2. The van der Waals surface area contributed by atoms with Crippen molar-refractivity contribution in [2.24, 2.45) is 7.05 Å². The van der Waals surface area contributed by atoms with E-state index < -0.39 is 17.7 Å². The molecule has 6 nitrogen and oxygen atoms in total. The number of aromatic nitrogens is 2. The maximum atomic E-state index is 12.7. The van der Waals surface area contributed by atoms with E-state index >= 15 is 0 Å². The molecule has 1 N–H and O–H groups in total. The first kappa shape index (κ1) is 18.4. The molecule has 1 fully saturated rings. The molecule has 7 heteroatoms. The van der Waals surface area contributed by atoms with Crippen LogP contribution in [0.5, 0.6) is 0 Å². The number of hydrogen-bond acceptors (Lipinski definition) is 4. The molecule has 1 amide bonds. The first-order valence-corrected chi connectivity index (χ1v) is 9.11. The summed E-state index contributed by atoms with van der Waals surface area (Å²) in [5, 5.41) is 15.3. The number of aliphatic hydroxyl groups is 1. The molecule has 2 aromatic rings. The van der Waals surface area contributed by atoms with Gasteiger partial charge in [-0.15, -0.1) is 0 Å². The fourth-order valence-electron chi connectivity index (χ4n) is 3.48. The molecule has 0 bridgehead atoms. The van der Waals surface area contributed by atoms with E-state index in [2.05, 4.69) is 21.0 Å². The van der Waals surface area contributed by atoms with Gasteiger partial charge in [-0.3, -0.25) is 14.3 Å². The predicted molar refractivity (Wildman–Crippen MR) is 102 cm³/mol. The highest BCUT2D eigenvalue weighted by Gasteiger charge is 2.45. The lowest BCUT2D eigenvalue weighted by Gasteiger charge is -2.24. The van der Waals surface area contributed by atoms with E-state index in [-0.39, 0.29) is 11.3 Å². The molecule has 2 heterocycles. The van der Waals surface area contributed by atoms with Crippen molar-refractivity contribution in [3.05, 3.63) is 56.8 Å². The monoisotopic (exact) mass is 417 g/mol. The second-order valence-corrected chi connectivity index (χ2v) is 7.23. The zero-order valence-corrected chi connectivity index (χ0v) is 16.7. The maximum Gasteiger partial charge on any atom is 0.295 e. The van der Waals surface area contributed by atoms with Crippen molar-refractivity contribution in [1.82, 2.24) is 14.7 Å². The standard InChI is InChI=1S/C19H20BrN3O3/c1-5-23-16(12-7-6-8-13(20)9-12)15(18(25)19(23)26)17(24)14-10(2)21-22(4)11(14)3/h6-9,16,24H,5H2,1-4H3/b17-15+. The van der Waals surface area contributed by atoms with Crippen LogP contribution in [0.3, 0.4) is 0 Å². The Morgan fingerprint density at radius 3 is 2.54 bits per heavy atom. The number of rotatable bonds is 3. The Kier molecular flexibility index (Phi) is 4.75. The normalized spacial score (nSPS) is 19.4. The van der Waals surface area contributed by atoms with Gasteiger partial charge in [-0.05, 0) is 38.5 Å². The third-order valence-corrected chi connectivity index (χ3v) is 5.28. The Hall–Kier alpha value is -2.41. The number of benzene rings is 1. The number of Topliss-reactive ketones (excluding diaryl/α,β-unsaturated/α-hetero) is 1. The number of carbonyl (C=O) groups is 2. The van der Waals surface area contributed by atoms with Gasteiger partial charge in [-0.25, -0.2) is 0 Å². The van der Waals surface area contributed by atoms with Gasteiger partial charge in [0.05, 0.1) is 22.9 Å². The zero-order chi connectivity index (χ0) is 19.2. The maximum absolute atomic E-state index is 12.7. The Morgan fingerprint density at radius 2 is 2.00 bits per heavy atom. The molecule has 1 unspecified atom stereocenters. The van der Waals surface area contributed by atoms with Gasteiger partial charge in [0.25, 0.3) is 11.7 Å². The quantitative estimate of drug-likeness (QED) is 0.472. The van der Waals surface area contributed by atoms with Crippen molar-refractivity contribution >= 4 is 33.4 Å². The minimum atomic E-state index is -0.669. The molecular weight excluding hydrogens is 398 g/mol. The highest BCUT2D eigenvalue weighted by atomic mass is 79.9. The molecule has 0 radical (unpaired) electrons. The van der Waals surface area contributed by atoms with E-state index in [1.165, 1.54) is 4.90 Å². The van der Waals surface area contributed by atoms with Crippen LogP contribution in [0.4, 0.5) is 0 Å². The van der Waals surface area contributed by atoms with Crippen molar-refractivity contribution < 1.29 is 14.7 Å². The van der Waals surface area contributed by atoms with Crippen LogP contribution in [-0.4, -0.2) is 38.0 Å². The third-order valence-electron chi connectivity index (χ3n) is 4.79. The number of hydrogen-bond donors (Lipinski definition) is 1. The summed E-state index contributed by atoms with van der Waals surface area (Å²) in [6.45, 7) is 5.77. The molecular formula is C19H20BrN3O3. The molecule has 0 aliphatic carbocycles. The number of aliphatic hydroxyl groups excluding tert-OH is 1. The van der Waals surface area contributed by atoms with Crippen molar-refractivity contribution in [3.8, 4) is 0 Å². The summed E-state index contributed by atoms with van der Waals surface area (Å²) >= 11 is 3.43. The summed E-state index contributed by atoms with van der Waals surface area (Å²) in [5.74, 6) is -1.44. The van der Waals surface area contributed by atoms with Gasteiger partial charge in [0.15, 0.2) is 0 Å². The van der Waals surface area contributed by atoms with Crippen molar-refractivity contribution in [2.45, 2.75) is 26.8 Å². The molecule has 3 rings (SSSR count).